The van der Waals surface area contributed by atoms with E-state index in [9.17, 15) is 4.79 Å². The third-order valence-corrected chi connectivity index (χ3v) is 4.31. The topological polar surface area (TPSA) is 59.6 Å². The molecule has 0 aromatic carbocycles. The first-order chi connectivity index (χ1) is 9.04. The van der Waals surface area contributed by atoms with Crippen molar-refractivity contribution in [1.82, 2.24) is 10.6 Å². The number of carbonyl (C=O) groups excluding carboxylic acids is 1. The molecule has 5 nitrogen and oxygen atoms in total. The molecule has 3 unspecified atom stereocenters. The summed E-state index contributed by atoms with van der Waals surface area (Å²) in [5, 5.41) is 6.43. The highest BCUT2D eigenvalue weighted by atomic mass is 16.5. The Morgan fingerprint density at radius 3 is 2.89 bits per heavy atom. The van der Waals surface area contributed by atoms with Gasteiger partial charge >= 0.3 is 0 Å². The van der Waals surface area contributed by atoms with Crippen LogP contribution in [0, 0.1) is 5.41 Å². The molecule has 2 rings (SSSR count). The van der Waals surface area contributed by atoms with Gasteiger partial charge in [0.1, 0.15) is 0 Å². The number of hydrogen-bond donors (Lipinski definition) is 2. The van der Waals surface area contributed by atoms with E-state index in [2.05, 4.69) is 24.5 Å². The van der Waals surface area contributed by atoms with E-state index in [0.717, 1.165) is 26.2 Å². The Labute approximate surface area is 115 Å². The van der Waals surface area contributed by atoms with Crippen LogP contribution in [0.4, 0.5) is 0 Å². The first-order valence-corrected chi connectivity index (χ1v) is 7.26. The summed E-state index contributed by atoms with van der Waals surface area (Å²) in [6.45, 7) is 9.26. The Bertz CT molecular complexity index is 314. The molecule has 2 fully saturated rings. The second-order valence-corrected chi connectivity index (χ2v) is 6.05. The fourth-order valence-electron chi connectivity index (χ4n) is 2.84. The molecule has 1 aliphatic carbocycles. The Morgan fingerprint density at radius 1 is 1.53 bits per heavy atom. The first kappa shape index (κ1) is 14.8. The highest BCUT2D eigenvalue weighted by Crippen LogP contribution is 2.42. The predicted molar refractivity (Wildman–Crippen MR) is 73.0 cm³/mol. The molecule has 1 saturated carbocycles. The lowest BCUT2D eigenvalue weighted by molar-refractivity contribution is -0.137. The molecule has 0 aromatic heterocycles. The molecular formula is C14H26N2O3. The monoisotopic (exact) mass is 270 g/mol. The minimum absolute atomic E-state index is 0.0299. The van der Waals surface area contributed by atoms with Crippen molar-refractivity contribution in [1.29, 1.82) is 0 Å². The lowest BCUT2D eigenvalue weighted by atomic mass is 9.64. The molecule has 19 heavy (non-hydrogen) atoms. The zero-order valence-corrected chi connectivity index (χ0v) is 12.2. The molecule has 5 heteroatoms. The van der Waals surface area contributed by atoms with E-state index in [1.54, 1.807) is 0 Å². The molecule has 1 amide bonds. The van der Waals surface area contributed by atoms with E-state index in [1.807, 2.05) is 6.92 Å². The van der Waals surface area contributed by atoms with Gasteiger partial charge in [0.25, 0.3) is 0 Å². The van der Waals surface area contributed by atoms with E-state index in [-0.39, 0.29) is 29.5 Å². The molecule has 1 heterocycles. The molecule has 1 aliphatic heterocycles. The van der Waals surface area contributed by atoms with Crippen LogP contribution in [0.15, 0.2) is 0 Å². The molecule has 0 aromatic rings. The van der Waals surface area contributed by atoms with E-state index in [0.29, 0.717) is 13.0 Å². The summed E-state index contributed by atoms with van der Waals surface area (Å²) < 4.78 is 11.0. The van der Waals surface area contributed by atoms with E-state index in [4.69, 9.17) is 9.47 Å². The average molecular weight is 270 g/mol. The van der Waals surface area contributed by atoms with Crippen molar-refractivity contribution < 1.29 is 14.3 Å². The van der Waals surface area contributed by atoms with Gasteiger partial charge in [0.05, 0.1) is 19.3 Å². The smallest absolute Gasteiger partial charge is 0.221 e. The van der Waals surface area contributed by atoms with Gasteiger partial charge in [-0.05, 0) is 13.3 Å². The summed E-state index contributed by atoms with van der Waals surface area (Å²) >= 11 is 0. The molecule has 2 aliphatic rings. The molecule has 0 radical (unpaired) electrons. The van der Waals surface area contributed by atoms with Crippen LogP contribution >= 0.6 is 0 Å². The van der Waals surface area contributed by atoms with Crippen molar-refractivity contribution in [2.45, 2.75) is 51.8 Å². The largest absolute Gasteiger partial charge is 0.378 e. The van der Waals surface area contributed by atoms with Crippen molar-refractivity contribution >= 4 is 5.91 Å². The van der Waals surface area contributed by atoms with Gasteiger partial charge in [-0.25, -0.2) is 0 Å². The van der Waals surface area contributed by atoms with E-state index >= 15 is 0 Å². The molecule has 0 bridgehead atoms. The van der Waals surface area contributed by atoms with Crippen LogP contribution in [0.3, 0.4) is 0 Å². The SMILES string of the molecule is CCOC1CC(NC(=O)CC2COCCN2)C1(C)C. The summed E-state index contributed by atoms with van der Waals surface area (Å²) in [6, 6.07) is 0.376. The van der Waals surface area contributed by atoms with Crippen LogP contribution < -0.4 is 10.6 Å². The Balaban J connectivity index is 1.74. The fourth-order valence-corrected chi connectivity index (χ4v) is 2.84. The highest BCUT2D eigenvalue weighted by Gasteiger charge is 2.49. The van der Waals surface area contributed by atoms with Gasteiger partial charge in [-0.3, -0.25) is 4.79 Å². The first-order valence-electron chi connectivity index (χ1n) is 7.26. The number of carbonyl (C=O) groups is 1. The predicted octanol–water partition coefficient (Wildman–Crippen LogP) is 0.685. The minimum Gasteiger partial charge on any atom is -0.378 e. The van der Waals surface area contributed by atoms with Gasteiger partial charge in [0.15, 0.2) is 0 Å². The second-order valence-electron chi connectivity index (χ2n) is 6.05. The molecular weight excluding hydrogens is 244 g/mol. The maximum Gasteiger partial charge on any atom is 0.221 e. The number of morpholine rings is 1. The summed E-state index contributed by atoms with van der Waals surface area (Å²) in [5.41, 5.74) is 0.0299. The Morgan fingerprint density at radius 2 is 2.32 bits per heavy atom. The number of ether oxygens (including phenoxy) is 2. The van der Waals surface area contributed by atoms with Gasteiger partial charge < -0.3 is 20.1 Å². The number of hydrogen-bond acceptors (Lipinski definition) is 4. The lowest BCUT2D eigenvalue weighted by Gasteiger charge is -2.51. The van der Waals surface area contributed by atoms with Crippen molar-refractivity contribution in [2.75, 3.05) is 26.4 Å². The normalized spacial score (nSPS) is 33.5. The van der Waals surface area contributed by atoms with Gasteiger partial charge in [-0.15, -0.1) is 0 Å². The van der Waals surface area contributed by atoms with Crippen LogP contribution in [0.2, 0.25) is 0 Å². The van der Waals surface area contributed by atoms with Gasteiger partial charge in [0, 0.05) is 37.1 Å². The summed E-state index contributed by atoms with van der Waals surface area (Å²) in [6.07, 6.45) is 1.67. The summed E-state index contributed by atoms with van der Waals surface area (Å²) in [5.74, 6) is 0.107. The second kappa shape index (κ2) is 6.20. The maximum atomic E-state index is 12.0. The molecule has 0 spiro atoms. The van der Waals surface area contributed by atoms with Crippen LogP contribution in [-0.4, -0.2) is 50.5 Å². The van der Waals surface area contributed by atoms with Crippen molar-refractivity contribution in [2.24, 2.45) is 5.41 Å². The van der Waals surface area contributed by atoms with Crippen molar-refractivity contribution in [3.8, 4) is 0 Å². The number of nitrogens with one attached hydrogen (secondary N) is 2. The van der Waals surface area contributed by atoms with Crippen LogP contribution in [-0.2, 0) is 14.3 Å². The van der Waals surface area contributed by atoms with Gasteiger partial charge in [-0.1, -0.05) is 13.8 Å². The molecule has 2 N–H and O–H groups in total. The van der Waals surface area contributed by atoms with Crippen molar-refractivity contribution in [3.63, 3.8) is 0 Å². The summed E-state index contributed by atoms with van der Waals surface area (Å²) in [4.78, 5) is 12.0. The summed E-state index contributed by atoms with van der Waals surface area (Å²) in [7, 11) is 0. The standard InChI is InChI=1S/C14H26N2O3/c1-4-19-12-8-11(14(12,2)3)16-13(17)7-10-9-18-6-5-15-10/h10-12,15H,4-9H2,1-3H3,(H,16,17). The zero-order chi connectivity index (χ0) is 13.9. The number of rotatable bonds is 5. The zero-order valence-electron chi connectivity index (χ0n) is 12.2. The van der Waals surface area contributed by atoms with Gasteiger partial charge in [-0.2, -0.15) is 0 Å². The third kappa shape index (κ3) is 3.46. The van der Waals surface area contributed by atoms with Crippen LogP contribution in [0.25, 0.3) is 0 Å². The fraction of sp³-hybridized carbons (Fsp3) is 0.929. The maximum absolute atomic E-state index is 12.0. The molecule has 110 valence electrons. The minimum atomic E-state index is 0.0299. The lowest BCUT2D eigenvalue weighted by Crippen LogP contribution is -2.62. The van der Waals surface area contributed by atoms with Crippen molar-refractivity contribution in [3.05, 3.63) is 0 Å². The third-order valence-electron chi connectivity index (χ3n) is 4.31. The molecule has 1 saturated heterocycles. The Kier molecular flexibility index (Phi) is 4.81. The van der Waals surface area contributed by atoms with Gasteiger partial charge in [0.2, 0.25) is 5.91 Å². The van der Waals surface area contributed by atoms with Crippen LogP contribution in [0.1, 0.15) is 33.6 Å². The average Bonchev–Trinajstić information content (AvgIpc) is 2.39. The quantitative estimate of drug-likeness (QED) is 0.771. The highest BCUT2D eigenvalue weighted by molar-refractivity contribution is 5.77. The Hall–Kier alpha value is -0.650. The van der Waals surface area contributed by atoms with E-state index < -0.39 is 0 Å². The van der Waals surface area contributed by atoms with Crippen LogP contribution in [0.5, 0.6) is 0 Å². The molecule has 3 atom stereocenters. The van der Waals surface area contributed by atoms with E-state index in [1.165, 1.54) is 0 Å². The number of amides is 1.